The number of alkyl halides is 3. The molecule has 0 fully saturated rings. The van der Waals surface area contributed by atoms with Crippen molar-refractivity contribution in [1.82, 2.24) is 0 Å². The summed E-state index contributed by atoms with van der Waals surface area (Å²) in [5, 5.41) is 1.91. The van der Waals surface area contributed by atoms with Crippen LogP contribution in [-0.4, -0.2) is 31.1 Å². The van der Waals surface area contributed by atoms with Crippen LogP contribution in [0.2, 0.25) is 0 Å². The Morgan fingerprint density at radius 2 is 1.94 bits per heavy atom. The van der Waals surface area contributed by atoms with E-state index in [9.17, 15) is 27.6 Å². The first-order chi connectivity index (χ1) is 14.4. The number of esters is 2. The Hall–Kier alpha value is -2.84. The first kappa shape index (κ1) is 24.4. The molecule has 1 aromatic rings. The number of cyclic esters (lactones) is 1. The number of allylic oxidation sites excluding steroid dienone is 2. The van der Waals surface area contributed by atoms with E-state index in [4.69, 9.17) is 4.74 Å². The van der Waals surface area contributed by atoms with Gasteiger partial charge in [0.2, 0.25) is 0 Å². The van der Waals surface area contributed by atoms with E-state index in [1.165, 1.54) is 7.11 Å². The van der Waals surface area contributed by atoms with Crippen LogP contribution in [0.25, 0.3) is 0 Å². The van der Waals surface area contributed by atoms with Crippen LogP contribution in [-0.2, 0) is 38.5 Å². The zero-order valence-corrected chi connectivity index (χ0v) is 18.2. The summed E-state index contributed by atoms with van der Waals surface area (Å²) in [4.78, 5) is 35.5. The van der Waals surface area contributed by atoms with Crippen LogP contribution in [0.15, 0.2) is 11.6 Å². The number of halogens is 3. The van der Waals surface area contributed by atoms with Gasteiger partial charge in [-0.05, 0) is 49.3 Å². The topological polar surface area (TPSA) is 81.7 Å². The van der Waals surface area contributed by atoms with E-state index >= 15 is 0 Å². The van der Waals surface area contributed by atoms with Crippen LogP contribution in [0.4, 0.5) is 18.9 Å². The van der Waals surface area contributed by atoms with E-state index in [2.05, 4.69) is 4.74 Å². The average Bonchev–Trinajstić information content (AvgIpc) is 3.09. The van der Waals surface area contributed by atoms with Crippen LogP contribution >= 0.6 is 0 Å². The van der Waals surface area contributed by atoms with Gasteiger partial charge in [0.1, 0.15) is 6.61 Å². The molecule has 1 aliphatic heterocycles. The van der Waals surface area contributed by atoms with Crippen LogP contribution in [0, 0.1) is 12.8 Å². The summed E-state index contributed by atoms with van der Waals surface area (Å²) < 4.78 is 48.6. The largest absolute Gasteiger partial charge is 0.471 e. The van der Waals surface area contributed by atoms with Gasteiger partial charge in [-0.2, -0.15) is 13.2 Å². The number of hydrogen-bond donors (Lipinski definition) is 1. The predicted molar refractivity (Wildman–Crippen MR) is 108 cm³/mol. The Kier molecular flexibility index (Phi) is 7.51. The fraction of sp³-hybridized carbons (Fsp3) is 0.500. The molecule has 1 amide bonds. The van der Waals surface area contributed by atoms with Crippen molar-refractivity contribution in [2.24, 2.45) is 5.92 Å². The zero-order valence-electron chi connectivity index (χ0n) is 18.2. The Labute approximate surface area is 178 Å². The molecule has 1 unspecified atom stereocenters. The van der Waals surface area contributed by atoms with Gasteiger partial charge >= 0.3 is 24.0 Å². The molecule has 31 heavy (non-hydrogen) atoms. The van der Waals surface area contributed by atoms with Crippen LogP contribution in [0.1, 0.15) is 59.8 Å². The number of rotatable bonds is 7. The minimum atomic E-state index is -5.11. The molecule has 1 N–H and O–H groups in total. The van der Waals surface area contributed by atoms with Crippen LogP contribution < -0.4 is 5.32 Å². The summed E-state index contributed by atoms with van der Waals surface area (Å²) in [7, 11) is 1.30. The van der Waals surface area contributed by atoms with E-state index in [-0.39, 0.29) is 42.6 Å². The van der Waals surface area contributed by atoms with Gasteiger partial charge in [-0.25, -0.2) is 4.79 Å². The molecule has 0 radical (unpaired) electrons. The molecular formula is C22H26F3NO5. The lowest BCUT2D eigenvalue weighted by molar-refractivity contribution is -0.167. The van der Waals surface area contributed by atoms with Crippen molar-refractivity contribution in [2.75, 3.05) is 12.4 Å². The predicted octanol–water partition coefficient (Wildman–Crippen LogP) is 4.42. The van der Waals surface area contributed by atoms with Crippen molar-refractivity contribution in [1.29, 1.82) is 0 Å². The Bertz CT molecular complexity index is 934. The van der Waals surface area contributed by atoms with E-state index in [1.54, 1.807) is 13.0 Å². The highest BCUT2D eigenvalue weighted by molar-refractivity contribution is 6.06. The molecule has 6 nitrogen and oxygen atoms in total. The van der Waals surface area contributed by atoms with Gasteiger partial charge in [-0.15, -0.1) is 0 Å². The highest BCUT2D eigenvalue weighted by Crippen LogP contribution is 2.38. The molecule has 0 aliphatic carbocycles. The quantitative estimate of drug-likeness (QED) is 0.501. The molecular weight excluding hydrogens is 415 g/mol. The third-order valence-corrected chi connectivity index (χ3v) is 5.63. The number of ether oxygens (including phenoxy) is 2. The monoisotopic (exact) mass is 441 g/mol. The van der Waals surface area contributed by atoms with E-state index in [0.717, 1.165) is 16.7 Å². The second-order valence-electron chi connectivity index (χ2n) is 7.53. The molecule has 1 heterocycles. The molecule has 0 aromatic heterocycles. The Morgan fingerprint density at radius 1 is 1.29 bits per heavy atom. The standard InChI is InChI=1S/C22H26F3NO5/c1-6-14-13(4)16-10-31-20(28)18(16)19(26-21(29)22(23,24)25)15(14)8-7-11(2)12(3)9-17(27)30-5/h7,12H,6,8-10H2,1-5H3,(H,26,29)/b11-7+. The van der Waals surface area contributed by atoms with Gasteiger partial charge in [0.15, 0.2) is 0 Å². The van der Waals surface area contributed by atoms with E-state index in [1.807, 2.05) is 26.1 Å². The second kappa shape index (κ2) is 9.53. The summed E-state index contributed by atoms with van der Waals surface area (Å²) >= 11 is 0. The highest BCUT2D eigenvalue weighted by Gasteiger charge is 2.41. The molecule has 0 spiro atoms. The Balaban J connectivity index is 2.57. The van der Waals surface area contributed by atoms with Crippen molar-refractivity contribution < 1.29 is 37.0 Å². The summed E-state index contributed by atoms with van der Waals surface area (Å²) in [6.07, 6.45) is -2.49. The van der Waals surface area contributed by atoms with Gasteiger partial charge in [-0.1, -0.05) is 25.5 Å². The smallest absolute Gasteiger partial charge is 0.469 e. The van der Waals surface area contributed by atoms with Gasteiger partial charge in [-0.3, -0.25) is 9.59 Å². The van der Waals surface area contributed by atoms with Crippen molar-refractivity contribution in [2.45, 2.75) is 59.7 Å². The minimum Gasteiger partial charge on any atom is -0.469 e. The lowest BCUT2D eigenvalue weighted by atomic mass is 9.87. The Morgan fingerprint density at radius 3 is 2.48 bits per heavy atom. The molecule has 0 saturated carbocycles. The minimum absolute atomic E-state index is 0.0315. The van der Waals surface area contributed by atoms with Gasteiger partial charge in [0.05, 0.1) is 24.8 Å². The van der Waals surface area contributed by atoms with Crippen molar-refractivity contribution >= 4 is 23.5 Å². The summed E-state index contributed by atoms with van der Waals surface area (Å²) in [6, 6.07) is 0. The number of anilines is 1. The summed E-state index contributed by atoms with van der Waals surface area (Å²) in [5.41, 5.74) is 3.07. The number of amides is 1. The number of nitrogens with one attached hydrogen (secondary N) is 1. The first-order valence-electron chi connectivity index (χ1n) is 9.88. The maximum absolute atomic E-state index is 13.0. The fourth-order valence-corrected chi connectivity index (χ4v) is 3.65. The van der Waals surface area contributed by atoms with Gasteiger partial charge < -0.3 is 14.8 Å². The maximum Gasteiger partial charge on any atom is 0.471 e. The fourth-order valence-electron chi connectivity index (χ4n) is 3.65. The molecule has 1 atom stereocenters. The molecule has 170 valence electrons. The van der Waals surface area contributed by atoms with E-state index in [0.29, 0.717) is 17.5 Å². The molecule has 0 bridgehead atoms. The normalized spacial score (nSPS) is 14.7. The number of methoxy groups -OCH3 is 1. The average molecular weight is 441 g/mol. The number of fused-ring (bicyclic) bond motifs is 1. The molecule has 1 aromatic carbocycles. The lowest BCUT2D eigenvalue weighted by Gasteiger charge is -2.21. The number of benzene rings is 1. The van der Waals surface area contributed by atoms with Crippen molar-refractivity contribution in [3.05, 3.63) is 39.5 Å². The van der Waals surface area contributed by atoms with Gasteiger partial charge in [0.25, 0.3) is 0 Å². The highest BCUT2D eigenvalue weighted by atomic mass is 19.4. The third kappa shape index (κ3) is 5.26. The maximum atomic E-state index is 13.0. The van der Waals surface area contributed by atoms with Crippen LogP contribution in [0.3, 0.4) is 0 Å². The molecule has 9 heteroatoms. The number of carbonyl (C=O) groups is 3. The molecule has 2 rings (SSSR count). The lowest BCUT2D eigenvalue weighted by Crippen LogP contribution is -2.31. The van der Waals surface area contributed by atoms with Crippen LogP contribution in [0.5, 0.6) is 0 Å². The third-order valence-electron chi connectivity index (χ3n) is 5.63. The molecule has 1 aliphatic rings. The summed E-state index contributed by atoms with van der Waals surface area (Å²) in [6.45, 7) is 7.23. The summed E-state index contributed by atoms with van der Waals surface area (Å²) in [5.74, 6) is -3.43. The second-order valence-corrected chi connectivity index (χ2v) is 7.53. The zero-order chi connectivity index (χ0) is 23.5. The number of hydrogen-bond acceptors (Lipinski definition) is 5. The molecule has 0 saturated heterocycles. The van der Waals surface area contributed by atoms with Gasteiger partial charge in [0, 0.05) is 5.56 Å². The van der Waals surface area contributed by atoms with Crippen molar-refractivity contribution in [3.8, 4) is 0 Å². The number of carbonyl (C=O) groups excluding carboxylic acids is 3. The first-order valence-corrected chi connectivity index (χ1v) is 9.88. The van der Waals surface area contributed by atoms with Crippen molar-refractivity contribution in [3.63, 3.8) is 0 Å². The SMILES string of the molecule is CCc1c(C)c2c(c(NC(=O)C(F)(F)F)c1C/C=C(\C)C(C)CC(=O)OC)C(=O)OC2. The van der Waals surface area contributed by atoms with E-state index < -0.39 is 18.1 Å².